The lowest BCUT2D eigenvalue weighted by atomic mass is 9.93. The average molecular weight is 346 g/mol. The molecule has 24 heavy (non-hydrogen) atoms. The second-order valence-electron chi connectivity index (χ2n) is 5.72. The number of piperidine rings is 1. The lowest BCUT2D eigenvalue weighted by molar-refractivity contribution is -0.131. The van der Waals surface area contributed by atoms with Crippen LogP contribution < -0.4 is 5.32 Å². The van der Waals surface area contributed by atoms with Crippen molar-refractivity contribution in [3.05, 3.63) is 42.5 Å². The van der Waals surface area contributed by atoms with E-state index >= 15 is 0 Å². The van der Waals surface area contributed by atoms with Gasteiger partial charge in [0.15, 0.2) is 5.82 Å². The van der Waals surface area contributed by atoms with Gasteiger partial charge in [0.25, 0.3) is 0 Å². The van der Waals surface area contributed by atoms with Gasteiger partial charge < -0.3 is 10.2 Å². The van der Waals surface area contributed by atoms with Crippen LogP contribution in [0.1, 0.15) is 30.9 Å². The Labute approximate surface area is 146 Å². The third-order valence-corrected chi connectivity index (χ3v) is 4.37. The van der Waals surface area contributed by atoms with Crippen molar-refractivity contribution < 1.29 is 4.79 Å². The Hall–Kier alpha value is -2.21. The second-order valence-corrected chi connectivity index (χ2v) is 6.10. The van der Waals surface area contributed by atoms with Crippen LogP contribution >= 0.6 is 11.6 Å². The summed E-state index contributed by atoms with van der Waals surface area (Å²) in [4.78, 5) is 27.1. The van der Waals surface area contributed by atoms with Crippen LogP contribution in [-0.4, -0.2) is 44.7 Å². The van der Waals surface area contributed by atoms with Crippen LogP contribution in [0.2, 0.25) is 0 Å². The van der Waals surface area contributed by atoms with Gasteiger partial charge in [-0.3, -0.25) is 9.78 Å². The van der Waals surface area contributed by atoms with Gasteiger partial charge in [-0.1, -0.05) is 6.07 Å². The summed E-state index contributed by atoms with van der Waals surface area (Å²) in [6.07, 6.45) is 7.29. The number of hydrogen-bond donors (Lipinski definition) is 1. The van der Waals surface area contributed by atoms with Gasteiger partial charge in [0.05, 0.1) is 5.69 Å². The normalized spacial score (nSPS) is 15.3. The molecule has 2 aromatic rings. The first-order valence-electron chi connectivity index (χ1n) is 8.10. The van der Waals surface area contributed by atoms with Crippen molar-refractivity contribution in [3.63, 3.8) is 0 Å². The standard InChI is InChI=1S/C17H20ClN5O/c18-7-4-15(24)23-11-5-13(6-12-23)16-17(21-10-9-20-16)22-14-3-1-2-8-19-14/h1-3,8-10,13H,4-7,11-12H2,(H,19,21,22). The van der Waals surface area contributed by atoms with Crippen LogP contribution in [0.25, 0.3) is 0 Å². The van der Waals surface area contributed by atoms with Gasteiger partial charge in [0.1, 0.15) is 5.82 Å². The van der Waals surface area contributed by atoms with E-state index in [0.717, 1.165) is 43.3 Å². The molecule has 1 saturated heterocycles. The van der Waals surface area contributed by atoms with Crippen LogP contribution in [0, 0.1) is 0 Å². The minimum absolute atomic E-state index is 0.134. The third-order valence-electron chi connectivity index (χ3n) is 4.18. The number of amides is 1. The molecular weight excluding hydrogens is 326 g/mol. The summed E-state index contributed by atoms with van der Waals surface area (Å²) in [6.45, 7) is 1.47. The van der Waals surface area contributed by atoms with Crippen molar-refractivity contribution in [1.29, 1.82) is 0 Å². The van der Waals surface area contributed by atoms with E-state index in [1.165, 1.54) is 0 Å². The summed E-state index contributed by atoms with van der Waals surface area (Å²) >= 11 is 5.66. The molecule has 3 heterocycles. The molecule has 1 amide bonds. The van der Waals surface area contributed by atoms with Crippen molar-refractivity contribution in [2.75, 3.05) is 24.3 Å². The smallest absolute Gasteiger partial charge is 0.223 e. The van der Waals surface area contributed by atoms with Crippen molar-refractivity contribution in [1.82, 2.24) is 19.9 Å². The maximum atomic E-state index is 11.9. The molecule has 0 saturated carbocycles. The number of pyridine rings is 1. The number of carbonyl (C=O) groups excluding carboxylic acids is 1. The van der Waals surface area contributed by atoms with Crippen molar-refractivity contribution in [3.8, 4) is 0 Å². The number of nitrogens with zero attached hydrogens (tertiary/aromatic N) is 4. The van der Waals surface area contributed by atoms with E-state index in [0.29, 0.717) is 12.3 Å². The van der Waals surface area contributed by atoms with E-state index in [4.69, 9.17) is 11.6 Å². The lowest BCUT2D eigenvalue weighted by Crippen LogP contribution is -2.38. The maximum Gasteiger partial charge on any atom is 0.223 e. The summed E-state index contributed by atoms with van der Waals surface area (Å²) in [5.41, 5.74) is 0.938. The van der Waals surface area contributed by atoms with E-state index in [1.54, 1.807) is 18.6 Å². The summed E-state index contributed by atoms with van der Waals surface area (Å²) in [7, 11) is 0. The largest absolute Gasteiger partial charge is 0.343 e. The van der Waals surface area contributed by atoms with E-state index in [9.17, 15) is 4.79 Å². The molecule has 0 unspecified atom stereocenters. The second kappa shape index (κ2) is 8.06. The molecule has 0 atom stereocenters. The molecule has 1 aliphatic rings. The van der Waals surface area contributed by atoms with E-state index in [1.807, 2.05) is 23.1 Å². The lowest BCUT2D eigenvalue weighted by Gasteiger charge is -2.32. The molecular formula is C17H20ClN5O. The van der Waals surface area contributed by atoms with Crippen LogP contribution in [0.5, 0.6) is 0 Å². The molecule has 2 aromatic heterocycles. The number of carbonyl (C=O) groups is 1. The molecule has 7 heteroatoms. The number of hydrogen-bond acceptors (Lipinski definition) is 5. The minimum Gasteiger partial charge on any atom is -0.343 e. The Balaban J connectivity index is 1.69. The van der Waals surface area contributed by atoms with Crippen LogP contribution in [0.3, 0.4) is 0 Å². The van der Waals surface area contributed by atoms with Gasteiger partial charge >= 0.3 is 0 Å². The molecule has 0 aliphatic carbocycles. The number of alkyl halides is 1. The fourth-order valence-corrected chi connectivity index (χ4v) is 3.10. The average Bonchev–Trinajstić information content (AvgIpc) is 2.63. The quantitative estimate of drug-likeness (QED) is 0.843. The highest BCUT2D eigenvalue weighted by Crippen LogP contribution is 2.31. The van der Waals surface area contributed by atoms with E-state index in [-0.39, 0.29) is 11.8 Å². The fraction of sp³-hybridized carbons (Fsp3) is 0.412. The maximum absolute atomic E-state index is 11.9. The zero-order valence-electron chi connectivity index (χ0n) is 13.4. The molecule has 0 spiro atoms. The van der Waals surface area contributed by atoms with E-state index < -0.39 is 0 Å². The number of aromatic nitrogens is 3. The first-order chi connectivity index (χ1) is 11.8. The third kappa shape index (κ3) is 4.00. The van der Waals surface area contributed by atoms with Gasteiger partial charge in [-0.05, 0) is 25.0 Å². The molecule has 1 N–H and O–H groups in total. The fourth-order valence-electron chi connectivity index (χ4n) is 2.94. The molecule has 0 aromatic carbocycles. The Morgan fingerprint density at radius 1 is 1.17 bits per heavy atom. The molecule has 1 fully saturated rings. The van der Waals surface area contributed by atoms with Crippen molar-refractivity contribution in [2.45, 2.75) is 25.2 Å². The van der Waals surface area contributed by atoms with Gasteiger partial charge in [-0.25, -0.2) is 9.97 Å². The number of nitrogens with one attached hydrogen (secondary N) is 1. The molecule has 6 nitrogen and oxygen atoms in total. The topological polar surface area (TPSA) is 71.0 Å². The van der Waals surface area contributed by atoms with Crippen LogP contribution in [0.4, 0.5) is 11.6 Å². The summed E-state index contributed by atoms with van der Waals surface area (Å²) < 4.78 is 0. The summed E-state index contributed by atoms with van der Waals surface area (Å²) in [5, 5.41) is 3.24. The highest BCUT2D eigenvalue weighted by molar-refractivity contribution is 6.18. The first-order valence-corrected chi connectivity index (χ1v) is 8.64. The van der Waals surface area contributed by atoms with Crippen LogP contribution in [0.15, 0.2) is 36.8 Å². The first kappa shape index (κ1) is 16.6. The van der Waals surface area contributed by atoms with Gasteiger partial charge in [-0.15, -0.1) is 11.6 Å². The SMILES string of the molecule is O=C(CCCl)N1CCC(c2nccnc2Nc2ccccn2)CC1. The monoisotopic (exact) mass is 345 g/mol. The van der Waals surface area contributed by atoms with Crippen molar-refractivity contribution >= 4 is 29.1 Å². The van der Waals surface area contributed by atoms with Gasteiger partial charge in [0.2, 0.25) is 5.91 Å². The van der Waals surface area contributed by atoms with Gasteiger partial charge in [-0.2, -0.15) is 0 Å². The Morgan fingerprint density at radius 2 is 1.96 bits per heavy atom. The summed E-state index contributed by atoms with van der Waals surface area (Å²) in [6, 6.07) is 5.69. The highest BCUT2D eigenvalue weighted by Gasteiger charge is 2.26. The number of anilines is 2. The van der Waals surface area contributed by atoms with Crippen LogP contribution in [-0.2, 0) is 4.79 Å². The predicted octanol–water partition coefficient (Wildman–Crippen LogP) is 2.95. The highest BCUT2D eigenvalue weighted by atomic mass is 35.5. The predicted molar refractivity (Wildman–Crippen MR) is 93.4 cm³/mol. The number of rotatable bonds is 5. The van der Waals surface area contributed by atoms with Crippen molar-refractivity contribution in [2.24, 2.45) is 0 Å². The Morgan fingerprint density at radius 3 is 2.67 bits per heavy atom. The van der Waals surface area contributed by atoms with Gasteiger partial charge in [0, 0.05) is 49.9 Å². The Bertz CT molecular complexity index is 674. The zero-order chi connectivity index (χ0) is 16.8. The number of halogens is 1. The molecule has 3 rings (SSSR count). The minimum atomic E-state index is 0.134. The Kier molecular flexibility index (Phi) is 5.59. The molecule has 0 bridgehead atoms. The molecule has 126 valence electrons. The van der Waals surface area contributed by atoms with E-state index in [2.05, 4.69) is 20.3 Å². The zero-order valence-corrected chi connectivity index (χ0v) is 14.1. The number of likely N-dealkylation sites (tertiary alicyclic amines) is 1. The molecule has 0 radical (unpaired) electrons. The summed E-state index contributed by atoms with van der Waals surface area (Å²) in [5.74, 6) is 2.27. The molecule has 1 aliphatic heterocycles.